The number of furan rings is 1. The minimum atomic E-state index is -0.530. The van der Waals surface area contributed by atoms with E-state index in [1.165, 1.54) is 46.4 Å². The average molecular weight is 482 g/mol. The molecule has 0 saturated heterocycles. The number of halogens is 1. The monoisotopic (exact) mass is 481 g/mol. The molecule has 2 amide bonds. The fraction of sp³-hybridized carbons (Fsp3) is 0.308. The Morgan fingerprint density at radius 1 is 1.06 bits per heavy atom. The van der Waals surface area contributed by atoms with Gasteiger partial charge in [-0.3, -0.25) is 19.7 Å². The first kappa shape index (κ1) is 25.6. The third-order valence-corrected chi connectivity index (χ3v) is 5.42. The van der Waals surface area contributed by atoms with Crippen molar-refractivity contribution in [2.45, 2.75) is 33.9 Å². The van der Waals surface area contributed by atoms with Gasteiger partial charge < -0.3 is 14.2 Å². The summed E-state index contributed by atoms with van der Waals surface area (Å²) in [5.41, 5.74) is 1.17. The van der Waals surface area contributed by atoms with Gasteiger partial charge in [0, 0.05) is 30.3 Å². The van der Waals surface area contributed by atoms with Crippen LogP contribution >= 0.6 is 0 Å². The number of benzene rings is 2. The lowest BCUT2D eigenvalue weighted by Gasteiger charge is -2.28. The van der Waals surface area contributed by atoms with E-state index in [0.717, 1.165) is 5.56 Å². The number of hydrogen-bond acceptors (Lipinski definition) is 5. The Morgan fingerprint density at radius 2 is 1.77 bits per heavy atom. The molecule has 0 bridgehead atoms. The van der Waals surface area contributed by atoms with Crippen molar-refractivity contribution >= 4 is 17.5 Å². The number of nitro benzene ring substituents is 1. The lowest BCUT2D eigenvalue weighted by atomic mass is 10.1. The van der Waals surface area contributed by atoms with Crippen molar-refractivity contribution in [1.82, 2.24) is 9.80 Å². The van der Waals surface area contributed by atoms with Crippen molar-refractivity contribution in [3.8, 4) is 0 Å². The zero-order valence-electron chi connectivity index (χ0n) is 19.9. The lowest BCUT2D eigenvalue weighted by molar-refractivity contribution is -0.385. The number of nitrogens with zero attached hydrogens (tertiary/aromatic N) is 3. The maximum atomic E-state index is 13.4. The zero-order chi connectivity index (χ0) is 25.5. The second-order valence-electron chi connectivity index (χ2n) is 8.79. The molecule has 0 atom stereocenters. The lowest BCUT2D eigenvalue weighted by Crippen LogP contribution is -2.43. The van der Waals surface area contributed by atoms with E-state index in [-0.39, 0.29) is 55.1 Å². The van der Waals surface area contributed by atoms with Gasteiger partial charge in [-0.25, -0.2) is 4.39 Å². The summed E-state index contributed by atoms with van der Waals surface area (Å²) in [5, 5.41) is 11.3. The number of amides is 2. The van der Waals surface area contributed by atoms with Crippen LogP contribution in [0.5, 0.6) is 0 Å². The molecule has 9 heteroatoms. The van der Waals surface area contributed by atoms with E-state index in [0.29, 0.717) is 11.3 Å². The van der Waals surface area contributed by atoms with E-state index in [4.69, 9.17) is 4.42 Å². The van der Waals surface area contributed by atoms with Gasteiger partial charge in [0.2, 0.25) is 5.91 Å². The van der Waals surface area contributed by atoms with Gasteiger partial charge in [-0.05, 0) is 48.7 Å². The number of carbonyl (C=O) groups excluding carboxylic acids is 2. The first-order valence-electron chi connectivity index (χ1n) is 11.2. The molecule has 184 valence electrons. The van der Waals surface area contributed by atoms with Gasteiger partial charge in [-0.2, -0.15) is 0 Å². The third-order valence-electron chi connectivity index (χ3n) is 5.42. The van der Waals surface area contributed by atoms with E-state index in [9.17, 15) is 24.1 Å². The Bertz CT molecular complexity index is 1180. The average Bonchev–Trinajstić information content (AvgIpc) is 3.32. The summed E-state index contributed by atoms with van der Waals surface area (Å²) in [6.45, 7) is 5.87. The fourth-order valence-electron chi connectivity index (χ4n) is 3.68. The number of rotatable bonds is 10. The molecule has 3 aromatic rings. The van der Waals surface area contributed by atoms with Crippen LogP contribution in [0, 0.1) is 28.8 Å². The summed E-state index contributed by atoms with van der Waals surface area (Å²) in [6.07, 6.45) is 1.51. The van der Waals surface area contributed by atoms with Crippen LogP contribution in [0.25, 0.3) is 0 Å². The van der Waals surface area contributed by atoms with Crippen molar-refractivity contribution < 1.29 is 23.3 Å². The Morgan fingerprint density at radius 3 is 2.37 bits per heavy atom. The third kappa shape index (κ3) is 6.99. The molecule has 0 unspecified atom stereocenters. The van der Waals surface area contributed by atoms with Gasteiger partial charge in [-0.1, -0.05) is 32.0 Å². The van der Waals surface area contributed by atoms with Crippen LogP contribution in [0.3, 0.4) is 0 Å². The van der Waals surface area contributed by atoms with Crippen molar-refractivity contribution in [2.75, 3.05) is 13.1 Å². The molecule has 3 rings (SSSR count). The van der Waals surface area contributed by atoms with Crippen LogP contribution in [-0.2, 0) is 17.9 Å². The first-order chi connectivity index (χ1) is 16.6. The van der Waals surface area contributed by atoms with Gasteiger partial charge in [0.05, 0.1) is 17.7 Å². The smallest absolute Gasteiger partial charge is 0.273 e. The number of nitro groups is 1. The number of carbonyl (C=O) groups is 2. The Balaban J connectivity index is 1.85. The first-order valence-corrected chi connectivity index (χ1v) is 11.2. The van der Waals surface area contributed by atoms with E-state index >= 15 is 0 Å². The maximum absolute atomic E-state index is 13.4. The summed E-state index contributed by atoms with van der Waals surface area (Å²) in [7, 11) is 0. The molecule has 0 radical (unpaired) electrons. The van der Waals surface area contributed by atoms with Crippen LogP contribution in [-0.4, -0.2) is 39.6 Å². The maximum Gasteiger partial charge on any atom is 0.273 e. The molecule has 0 spiro atoms. The Hall–Kier alpha value is -4.01. The van der Waals surface area contributed by atoms with Gasteiger partial charge in [-0.15, -0.1) is 0 Å². The highest BCUT2D eigenvalue weighted by molar-refractivity contribution is 5.97. The highest BCUT2D eigenvalue weighted by atomic mass is 19.1. The van der Waals surface area contributed by atoms with E-state index in [2.05, 4.69) is 0 Å². The summed E-state index contributed by atoms with van der Waals surface area (Å²) in [6, 6.07) is 13.6. The fourth-order valence-corrected chi connectivity index (χ4v) is 3.68. The Labute approximate surface area is 203 Å². The molecule has 35 heavy (non-hydrogen) atoms. The topological polar surface area (TPSA) is 96.9 Å². The molecule has 1 heterocycles. The van der Waals surface area contributed by atoms with E-state index in [1.807, 2.05) is 13.8 Å². The number of hydrogen-bond donors (Lipinski definition) is 0. The normalized spacial score (nSPS) is 10.9. The molecule has 2 aromatic carbocycles. The molecule has 8 nitrogen and oxygen atoms in total. The zero-order valence-corrected chi connectivity index (χ0v) is 19.9. The highest BCUT2D eigenvalue weighted by Crippen LogP contribution is 2.21. The summed E-state index contributed by atoms with van der Waals surface area (Å²) >= 11 is 0. The largest absolute Gasteiger partial charge is 0.467 e. The molecule has 0 aliphatic heterocycles. The van der Waals surface area contributed by atoms with E-state index < -0.39 is 10.8 Å². The molecular formula is C26H28FN3O5. The quantitative estimate of drug-likeness (QED) is 0.301. The standard InChI is InChI=1S/C26H28FN3O5/c1-18(2)14-29(26(32)21-9-6-19(3)24(13-21)30(33)34)17-25(31)28(16-23-5-4-12-35-23)15-20-7-10-22(27)11-8-20/h4-13,18H,14-17H2,1-3H3. The van der Waals surface area contributed by atoms with Crippen molar-refractivity contribution in [3.05, 3.63) is 99.2 Å². The van der Waals surface area contributed by atoms with Crippen LogP contribution in [0.4, 0.5) is 10.1 Å². The van der Waals surface area contributed by atoms with Crippen LogP contribution < -0.4 is 0 Å². The van der Waals surface area contributed by atoms with Crippen molar-refractivity contribution in [3.63, 3.8) is 0 Å². The van der Waals surface area contributed by atoms with Crippen molar-refractivity contribution in [2.24, 2.45) is 5.92 Å². The molecule has 0 N–H and O–H groups in total. The minimum absolute atomic E-state index is 0.0582. The summed E-state index contributed by atoms with van der Waals surface area (Å²) < 4.78 is 18.8. The molecule has 0 saturated carbocycles. The van der Waals surface area contributed by atoms with Gasteiger partial charge in [0.15, 0.2) is 0 Å². The SMILES string of the molecule is Cc1ccc(C(=O)N(CC(=O)N(Cc2ccc(F)cc2)Cc2ccco2)CC(C)C)cc1[N+](=O)[O-]. The highest BCUT2D eigenvalue weighted by Gasteiger charge is 2.25. The predicted molar refractivity (Wildman–Crippen MR) is 128 cm³/mol. The van der Waals surface area contributed by atoms with Crippen LogP contribution in [0.2, 0.25) is 0 Å². The predicted octanol–water partition coefficient (Wildman–Crippen LogP) is 4.96. The summed E-state index contributed by atoms with van der Waals surface area (Å²) in [5.74, 6) is -0.547. The van der Waals surface area contributed by atoms with Crippen LogP contribution in [0.15, 0.2) is 65.3 Å². The second-order valence-corrected chi connectivity index (χ2v) is 8.79. The minimum Gasteiger partial charge on any atom is -0.467 e. The molecule has 1 aromatic heterocycles. The molecule has 0 aliphatic carbocycles. The van der Waals surface area contributed by atoms with Gasteiger partial charge >= 0.3 is 0 Å². The number of aryl methyl sites for hydroxylation is 1. The van der Waals surface area contributed by atoms with Gasteiger partial charge in [0.25, 0.3) is 11.6 Å². The van der Waals surface area contributed by atoms with Crippen LogP contribution in [0.1, 0.15) is 41.1 Å². The molecule has 0 aliphatic rings. The van der Waals surface area contributed by atoms with E-state index in [1.54, 1.807) is 31.2 Å². The Kier molecular flexibility index (Phi) is 8.35. The molecule has 0 fully saturated rings. The van der Waals surface area contributed by atoms with Gasteiger partial charge in [0.1, 0.15) is 18.1 Å². The second kappa shape index (κ2) is 11.4. The summed E-state index contributed by atoms with van der Waals surface area (Å²) in [4.78, 5) is 40.5. The van der Waals surface area contributed by atoms with Crippen molar-refractivity contribution in [1.29, 1.82) is 0 Å². The molecular weight excluding hydrogens is 453 g/mol.